The molecule has 5 atom stereocenters. The quantitative estimate of drug-likeness (QED) is 0.584. The van der Waals surface area contributed by atoms with E-state index >= 15 is 0 Å². The van der Waals surface area contributed by atoms with Gasteiger partial charge in [-0.25, -0.2) is 9.69 Å². The fourth-order valence-corrected chi connectivity index (χ4v) is 4.12. The second-order valence-corrected chi connectivity index (χ2v) is 8.37. The number of Topliss-reactive ketones (excluding diaryl/α,β-unsaturated/α-hetero) is 1. The summed E-state index contributed by atoms with van der Waals surface area (Å²) in [6.07, 6.45) is -0.669. The molecule has 0 radical (unpaired) electrons. The molecule has 9 heteroatoms. The van der Waals surface area contributed by atoms with Crippen LogP contribution < -0.4 is 5.32 Å². The highest BCUT2D eigenvalue weighted by molar-refractivity contribution is 6.68. The van der Waals surface area contributed by atoms with E-state index in [1.165, 1.54) is 6.92 Å². The number of nitrogens with one attached hydrogen (secondary N) is 1. The Kier molecular flexibility index (Phi) is 4.16. The number of ether oxygens (including phenoxy) is 2. The molecule has 22 heavy (non-hydrogen) atoms. The Balaban J connectivity index is 1.92. The second kappa shape index (κ2) is 5.46. The summed E-state index contributed by atoms with van der Waals surface area (Å²) in [5.41, 5.74) is -1.05. The van der Waals surface area contributed by atoms with E-state index in [2.05, 4.69) is 5.32 Å². The molecule has 0 amide bonds. The zero-order chi connectivity index (χ0) is 16.3. The van der Waals surface area contributed by atoms with Crippen molar-refractivity contribution in [3.63, 3.8) is 0 Å². The van der Waals surface area contributed by atoms with E-state index in [-0.39, 0.29) is 11.9 Å². The number of esters is 1. The maximum Gasteiger partial charge on any atom is 0.332 e. The van der Waals surface area contributed by atoms with E-state index < -0.39 is 33.8 Å². The molecular weight excluding hydrogens is 355 g/mol. The highest BCUT2D eigenvalue weighted by atomic mass is 35.6. The van der Waals surface area contributed by atoms with Crippen molar-refractivity contribution in [2.24, 2.45) is 0 Å². The molecule has 6 nitrogen and oxygen atoms in total. The van der Waals surface area contributed by atoms with Crippen molar-refractivity contribution in [2.45, 2.75) is 60.6 Å². The number of halogens is 3. The van der Waals surface area contributed by atoms with Crippen molar-refractivity contribution in [1.29, 1.82) is 0 Å². The number of nitrogens with zero attached hydrogens (tertiary/aromatic N) is 1. The van der Waals surface area contributed by atoms with Gasteiger partial charge in [-0.1, -0.05) is 34.8 Å². The Morgan fingerprint density at radius 2 is 2.14 bits per heavy atom. The maximum absolute atomic E-state index is 12.6. The minimum absolute atomic E-state index is 0.0414. The molecule has 0 aromatic carbocycles. The average Bonchev–Trinajstić information content (AvgIpc) is 3.02. The second-order valence-electron chi connectivity index (χ2n) is 6.00. The van der Waals surface area contributed by atoms with Crippen molar-refractivity contribution in [2.75, 3.05) is 6.54 Å². The van der Waals surface area contributed by atoms with Gasteiger partial charge in [0.15, 0.2) is 5.54 Å². The van der Waals surface area contributed by atoms with Gasteiger partial charge in [0, 0.05) is 6.54 Å². The minimum Gasteiger partial charge on any atom is -0.440 e. The number of carbonyl (C=O) groups excluding carboxylic acids is 2. The van der Waals surface area contributed by atoms with Gasteiger partial charge < -0.3 is 9.47 Å². The van der Waals surface area contributed by atoms with Gasteiger partial charge >= 0.3 is 5.97 Å². The Morgan fingerprint density at radius 1 is 1.45 bits per heavy atom. The highest BCUT2D eigenvalue weighted by Gasteiger charge is 2.67. The number of alkyl halides is 3. The predicted molar refractivity (Wildman–Crippen MR) is 80.8 cm³/mol. The number of rotatable bonds is 2. The molecule has 0 spiro atoms. The molecule has 124 valence electrons. The summed E-state index contributed by atoms with van der Waals surface area (Å²) in [6.45, 7) is 3.84. The van der Waals surface area contributed by atoms with Crippen molar-refractivity contribution < 1.29 is 19.1 Å². The summed E-state index contributed by atoms with van der Waals surface area (Å²) in [4.78, 5) is 26.0. The summed E-state index contributed by atoms with van der Waals surface area (Å²) in [5, 5.41) is 3.10. The molecule has 3 rings (SSSR count). The topological polar surface area (TPSA) is 67.9 Å². The van der Waals surface area contributed by atoms with Crippen molar-refractivity contribution in [1.82, 2.24) is 10.2 Å². The van der Waals surface area contributed by atoms with Gasteiger partial charge in [-0.05, 0) is 26.7 Å². The van der Waals surface area contributed by atoms with E-state index in [0.717, 1.165) is 6.42 Å². The van der Waals surface area contributed by atoms with Crippen LogP contribution in [0.1, 0.15) is 26.7 Å². The van der Waals surface area contributed by atoms with Crippen LogP contribution in [0.25, 0.3) is 0 Å². The van der Waals surface area contributed by atoms with Gasteiger partial charge in [-0.3, -0.25) is 10.1 Å². The van der Waals surface area contributed by atoms with Crippen LogP contribution in [-0.2, 0) is 19.1 Å². The molecule has 0 aromatic heterocycles. The first-order valence-electron chi connectivity index (χ1n) is 7.14. The summed E-state index contributed by atoms with van der Waals surface area (Å²) >= 11 is 17.8. The molecule has 3 aliphatic rings. The van der Waals surface area contributed by atoms with E-state index in [1.807, 2.05) is 0 Å². The van der Waals surface area contributed by atoms with Crippen LogP contribution in [0.15, 0.2) is 0 Å². The van der Waals surface area contributed by atoms with E-state index in [1.54, 1.807) is 11.8 Å². The normalized spacial score (nSPS) is 42.5. The lowest BCUT2D eigenvalue weighted by atomic mass is 9.94. The predicted octanol–water partition coefficient (Wildman–Crippen LogP) is 1.37. The summed E-state index contributed by atoms with van der Waals surface area (Å²) < 4.78 is 9.43. The zero-order valence-corrected chi connectivity index (χ0v) is 14.4. The Morgan fingerprint density at radius 3 is 2.68 bits per heavy atom. The van der Waals surface area contributed by atoms with Gasteiger partial charge in [0.25, 0.3) is 0 Å². The number of fused-ring (bicyclic) bond motifs is 1. The largest absolute Gasteiger partial charge is 0.440 e. The molecule has 3 aliphatic heterocycles. The fourth-order valence-electron chi connectivity index (χ4n) is 3.64. The lowest BCUT2D eigenvalue weighted by Crippen LogP contribution is -2.60. The Hall–Kier alpha value is -0.110. The SMILES string of the molecule is CC(=O)[C@H]1N[C@H]([C@]23CCCN2[C@H](C(Cl)(Cl)Cl)OC3=O)O[C@@H]1C. The molecule has 3 heterocycles. The van der Waals surface area contributed by atoms with Crippen molar-refractivity contribution in [3.8, 4) is 0 Å². The van der Waals surface area contributed by atoms with Gasteiger partial charge in [0.1, 0.15) is 12.0 Å². The number of carbonyl (C=O) groups is 2. The van der Waals surface area contributed by atoms with Crippen molar-refractivity contribution in [3.05, 3.63) is 0 Å². The molecule has 0 saturated carbocycles. The number of ketones is 1. The van der Waals surface area contributed by atoms with Crippen molar-refractivity contribution >= 4 is 46.6 Å². The zero-order valence-electron chi connectivity index (χ0n) is 12.1. The number of cyclic esters (lactones) is 1. The molecule has 0 aromatic rings. The molecular formula is C13H17Cl3N2O4. The summed E-state index contributed by atoms with van der Waals surface area (Å²) in [6, 6.07) is -0.457. The third-order valence-electron chi connectivity index (χ3n) is 4.63. The standard InChI is InChI=1S/C13H17Cl3N2O4/c1-6(19)8-7(2)21-9(17-8)12-4-3-5-18(12)10(13(14,15)16)22-11(12)20/h7-10,17H,3-5H2,1-2H3/t7-,8-,9+,10+,12+/m1/s1. The maximum atomic E-state index is 12.6. The van der Waals surface area contributed by atoms with Crippen LogP contribution >= 0.6 is 34.8 Å². The van der Waals surface area contributed by atoms with Crippen LogP contribution in [0.3, 0.4) is 0 Å². The number of hydrogen-bond donors (Lipinski definition) is 1. The van der Waals surface area contributed by atoms with Crippen LogP contribution in [0.4, 0.5) is 0 Å². The smallest absolute Gasteiger partial charge is 0.332 e. The minimum atomic E-state index is -1.74. The molecule has 0 aliphatic carbocycles. The Bertz CT molecular complexity index is 512. The summed E-state index contributed by atoms with van der Waals surface area (Å²) in [5.74, 6) is -0.518. The summed E-state index contributed by atoms with van der Waals surface area (Å²) in [7, 11) is 0. The van der Waals surface area contributed by atoms with Crippen LogP contribution in [0.2, 0.25) is 0 Å². The molecule has 1 N–H and O–H groups in total. The number of hydrogen-bond acceptors (Lipinski definition) is 6. The third kappa shape index (κ3) is 2.36. The molecule has 0 unspecified atom stereocenters. The highest BCUT2D eigenvalue weighted by Crippen LogP contribution is 2.49. The van der Waals surface area contributed by atoms with E-state index in [9.17, 15) is 9.59 Å². The lowest BCUT2D eigenvalue weighted by Gasteiger charge is -2.35. The molecule has 0 bridgehead atoms. The van der Waals surface area contributed by atoms with E-state index in [4.69, 9.17) is 44.3 Å². The molecule has 3 saturated heterocycles. The first-order chi connectivity index (χ1) is 10.2. The fraction of sp³-hybridized carbons (Fsp3) is 0.846. The van der Waals surface area contributed by atoms with Gasteiger partial charge in [-0.15, -0.1) is 0 Å². The van der Waals surface area contributed by atoms with E-state index in [0.29, 0.717) is 13.0 Å². The van der Waals surface area contributed by atoms with Crippen LogP contribution in [-0.4, -0.2) is 57.1 Å². The average molecular weight is 372 g/mol. The third-order valence-corrected chi connectivity index (χ3v) is 5.19. The van der Waals surface area contributed by atoms with Crippen LogP contribution in [0, 0.1) is 0 Å². The lowest BCUT2D eigenvalue weighted by molar-refractivity contribution is -0.150. The monoisotopic (exact) mass is 370 g/mol. The Labute approximate surface area is 143 Å². The first-order valence-corrected chi connectivity index (χ1v) is 8.28. The first kappa shape index (κ1) is 16.7. The molecule has 3 fully saturated rings. The van der Waals surface area contributed by atoms with Gasteiger partial charge in [-0.2, -0.15) is 0 Å². The van der Waals surface area contributed by atoms with Gasteiger partial charge in [0.2, 0.25) is 10.0 Å². The van der Waals surface area contributed by atoms with Gasteiger partial charge in [0.05, 0.1) is 12.1 Å². The van der Waals surface area contributed by atoms with Crippen LogP contribution in [0.5, 0.6) is 0 Å².